The Labute approximate surface area is 189 Å². The van der Waals surface area contributed by atoms with Gasteiger partial charge in [0.15, 0.2) is 0 Å². The molecule has 4 rings (SSSR count). The lowest BCUT2D eigenvalue weighted by atomic mass is 10.0. The van der Waals surface area contributed by atoms with Crippen molar-refractivity contribution < 1.29 is 19.0 Å². The quantitative estimate of drug-likeness (QED) is 0.715. The maximum absolute atomic E-state index is 13.3. The second kappa shape index (κ2) is 10.1. The number of likely N-dealkylation sites (tertiary alicyclic amines) is 1. The average molecular weight is 442 g/mol. The van der Waals surface area contributed by atoms with E-state index in [0.717, 1.165) is 44.0 Å². The van der Waals surface area contributed by atoms with Gasteiger partial charge in [0.2, 0.25) is 0 Å². The second-order valence-electron chi connectivity index (χ2n) is 9.05. The minimum absolute atomic E-state index is 0.0222. The lowest BCUT2D eigenvalue weighted by Gasteiger charge is -2.29. The highest BCUT2D eigenvalue weighted by atomic mass is 19.1. The third-order valence-electron chi connectivity index (χ3n) is 6.29. The number of amides is 1. The lowest BCUT2D eigenvalue weighted by Crippen LogP contribution is -2.44. The Bertz CT molecular complexity index is 917. The molecular formula is C25H32FN3O3. The first kappa shape index (κ1) is 22.9. The van der Waals surface area contributed by atoms with Gasteiger partial charge >= 0.3 is 0 Å². The molecule has 2 aromatic carbocycles. The van der Waals surface area contributed by atoms with Gasteiger partial charge in [-0.1, -0.05) is 30.3 Å². The summed E-state index contributed by atoms with van der Waals surface area (Å²) in [4.78, 5) is 19.4. The van der Waals surface area contributed by atoms with E-state index in [4.69, 9.17) is 4.74 Å². The van der Waals surface area contributed by atoms with Crippen LogP contribution in [0.2, 0.25) is 0 Å². The van der Waals surface area contributed by atoms with Gasteiger partial charge in [-0.05, 0) is 42.8 Å². The van der Waals surface area contributed by atoms with E-state index >= 15 is 0 Å². The molecule has 2 aromatic rings. The molecule has 2 saturated heterocycles. The number of likely N-dealkylation sites (N-methyl/N-ethyl adjacent to an activating group) is 1. The van der Waals surface area contributed by atoms with Crippen molar-refractivity contribution in [3.63, 3.8) is 0 Å². The minimum atomic E-state index is -0.955. The standard InChI is InChI=1S/C25H32FN3O3/c1-27(16-20-6-8-22(26)9-7-20)18-25(31)10-11-29(19-25)24(30)23-5-3-2-4-21(23)17-28-12-14-32-15-13-28/h2-9,31H,10-19H2,1H3/t25-/m0/s1. The summed E-state index contributed by atoms with van der Waals surface area (Å²) in [6, 6.07) is 14.2. The van der Waals surface area contributed by atoms with Crippen molar-refractivity contribution in [2.45, 2.75) is 25.1 Å². The van der Waals surface area contributed by atoms with Crippen LogP contribution in [-0.4, -0.2) is 84.3 Å². The van der Waals surface area contributed by atoms with Crippen molar-refractivity contribution in [3.05, 3.63) is 71.0 Å². The van der Waals surface area contributed by atoms with Crippen LogP contribution < -0.4 is 0 Å². The number of ether oxygens (including phenoxy) is 1. The summed E-state index contributed by atoms with van der Waals surface area (Å²) in [6.45, 7) is 5.81. The number of β-amino-alcohol motifs (C(OH)–C–C–N with tert-alkyl or cyclic N) is 1. The highest BCUT2D eigenvalue weighted by molar-refractivity contribution is 5.96. The van der Waals surface area contributed by atoms with Crippen molar-refractivity contribution >= 4 is 5.91 Å². The zero-order valence-electron chi connectivity index (χ0n) is 18.7. The molecule has 6 nitrogen and oxygen atoms in total. The third kappa shape index (κ3) is 5.72. The van der Waals surface area contributed by atoms with Crippen molar-refractivity contribution in [3.8, 4) is 0 Å². The van der Waals surface area contributed by atoms with Crippen LogP contribution in [0, 0.1) is 5.82 Å². The number of rotatable bonds is 7. The van der Waals surface area contributed by atoms with Gasteiger partial charge in [0.25, 0.3) is 5.91 Å². The number of hydrogen-bond donors (Lipinski definition) is 1. The van der Waals surface area contributed by atoms with Crippen LogP contribution >= 0.6 is 0 Å². The fraction of sp³-hybridized carbons (Fsp3) is 0.480. The summed E-state index contributed by atoms with van der Waals surface area (Å²) >= 11 is 0. The van der Waals surface area contributed by atoms with Gasteiger partial charge in [0.1, 0.15) is 5.82 Å². The van der Waals surface area contributed by atoms with Gasteiger partial charge in [-0.3, -0.25) is 14.6 Å². The Morgan fingerprint density at radius 1 is 1.12 bits per heavy atom. The maximum atomic E-state index is 13.3. The molecule has 2 heterocycles. The van der Waals surface area contributed by atoms with Gasteiger partial charge < -0.3 is 14.7 Å². The SMILES string of the molecule is CN(Cc1ccc(F)cc1)C[C@@]1(O)CCN(C(=O)c2ccccc2CN2CCOCC2)C1. The van der Waals surface area contributed by atoms with Crippen molar-refractivity contribution in [1.82, 2.24) is 14.7 Å². The molecule has 0 saturated carbocycles. The number of hydrogen-bond acceptors (Lipinski definition) is 5. The molecule has 1 atom stereocenters. The number of nitrogens with zero attached hydrogens (tertiary/aromatic N) is 3. The highest BCUT2D eigenvalue weighted by Crippen LogP contribution is 2.26. The topological polar surface area (TPSA) is 56.2 Å². The van der Waals surface area contributed by atoms with Gasteiger partial charge in [0, 0.05) is 44.8 Å². The Morgan fingerprint density at radius 3 is 2.59 bits per heavy atom. The number of benzene rings is 2. The van der Waals surface area contributed by atoms with Crippen molar-refractivity contribution in [1.29, 1.82) is 0 Å². The molecule has 0 aliphatic carbocycles. The molecule has 1 amide bonds. The Morgan fingerprint density at radius 2 is 1.84 bits per heavy atom. The van der Waals surface area contributed by atoms with Crippen LogP contribution in [0.15, 0.2) is 48.5 Å². The Hall–Kier alpha value is -2.32. The minimum Gasteiger partial charge on any atom is -0.387 e. The zero-order chi connectivity index (χ0) is 22.6. The predicted octanol–water partition coefficient (Wildman–Crippen LogP) is 2.37. The smallest absolute Gasteiger partial charge is 0.254 e. The molecule has 0 aromatic heterocycles. The molecule has 7 heteroatoms. The number of halogens is 1. The van der Waals surface area contributed by atoms with Crippen LogP contribution in [0.4, 0.5) is 4.39 Å². The molecule has 32 heavy (non-hydrogen) atoms. The molecule has 0 spiro atoms. The van der Waals surface area contributed by atoms with Crippen LogP contribution in [0.25, 0.3) is 0 Å². The summed E-state index contributed by atoms with van der Waals surface area (Å²) in [5, 5.41) is 11.2. The molecule has 0 radical (unpaired) electrons. The van der Waals surface area contributed by atoms with E-state index in [2.05, 4.69) is 4.90 Å². The first-order valence-corrected chi connectivity index (χ1v) is 11.2. The van der Waals surface area contributed by atoms with Crippen LogP contribution in [0.1, 0.15) is 27.9 Å². The summed E-state index contributed by atoms with van der Waals surface area (Å²) in [5.74, 6) is -0.278. The van der Waals surface area contributed by atoms with Crippen LogP contribution in [0.5, 0.6) is 0 Å². The van der Waals surface area contributed by atoms with E-state index in [9.17, 15) is 14.3 Å². The molecule has 0 unspecified atom stereocenters. The predicted molar refractivity (Wildman–Crippen MR) is 121 cm³/mol. The van der Waals surface area contributed by atoms with E-state index in [-0.39, 0.29) is 11.7 Å². The van der Waals surface area contributed by atoms with E-state index in [1.807, 2.05) is 36.2 Å². The summed E-state index contributed by atoms with van der Waals surface area (Å²) in [6.07, 6.45) is 0.540. The first-order valence-electron chi connectivity index (χ1n) is 11.2. The highest BCUT2D eigenvalue weighted by Gasteiger charge is 2.39. The molecular weight excluding hydrogens is 409 g/mol. The van der Waals surface area contributed by atoms with Gasteiger partial charge in [-0.15, -0.1) is 0 Å². The van der Waals surface area contributed by atoms with E-state index in [0.29, 0.717) is 38.2 Å². The van der Waals surface area contributed by atoms with Crippen molar-refractivity contribution in [2.75, 3.05) is 53.0 Å². The number of carbonyl (C=O) groups excluding carboxylic acids is 1. The summed E-state index contributed by atoms with van der Waals surface area (Å²) < 4.78 is 18.6. The molecule has 2 fully saturated rings. The fourth-order valence-electron chi connectivity index (χ4n) is 4.66. The van der Waals surface area contributed by atoms with Crippen LogP contribution in [-0.2, 0) is 17.8 Å². The van der Waals surface area contributed by atoms with Gasteiger partial charge in [-0.2, -0.15) is 0 Å². The molecule has 172 valence electrons. The second-order valence-corrected chi connectivity index (χ2v) is 9.05. The van der Waals surface area contributed by atoms with Crippen molar-refractivity contribution in [2.24, 2.45) is 0 Å². The molecule has 1 N–H and O–H groups in total. The number of morpholine rings is 1. The third-order valence-corrected chi connectivity index (χ3v) is 6.29. The Kier molecular flexibility index (Phi) is 7.20. The van der Waals surface area contributed by atoms with E-state index in [1.54, 1.807) is 17.0 Å². The Balaban J connectivity index is 1.37. The normalized spacial score (nSPS) is 21.9. The fourth-order valence-corrected chi connectivity index (χ4v) is 4.66. The van der Waals surface area contributed by atoms with E-state index < -0.39 is 5.60 Å². The molecule has 2 aliphatic heterocycles. The average Bonchev–Trinajstić information content (AvgIpc) is 3.17. The molecule has 0 bridgehead atoms. The van der Waals surface area contributed by atoms with Gasteiger partial charge in [-0.25, -0.2) is 4.39 Å². The van der Waals surface area contributed by atoms with E-state index in [1.165, 1.54) is 12.1 Å². The summed E-state index contributed by atoms with van der Waals surface area (Å²) in [5.41, 5.74) is 1.76. The number of carbonyl (C=O) groups is 1. The zero-order valence-corrected chi connectivity index (χ0v) is 18.7. The lowest BCUT2D eigenvalue weighted by molar-refractivity contribution is 0.0162. The number of aliphatic hydroxyl groups is 1. The monoisotopic (exact) mass is 441 g/mol. The largest absolute Gasteiger partial charge is 0.387 e. The first-order chi connectivity index (χ1) is 15.4. The van der Waals surface area contributed by atoms with Gasteiger partial charge in [0.05, 0.1) is 25.4 Å². The molecule has 2 aliphatic rings. The summed E-state index contributed by atoms with van der Waals surface area (Å²) in [7, 11) is 1.93. The maximum Gasteiger partial charge on any atom is 0.254 e. The van der Waals surface area contributed by atoms with Crippen LogP contribution in [0.3, 0.4) is 0 Å².